The highest BCUT2D eigenvalue weighted by atomic mass is 16.5. The van der Waals surface area contributed by atoms with E-state index in [0.717, 1.165) is 44.4 Å². The lowest BCUT2D eigenvalue weighted by molar-refractivity contribution is -0.00717. The van der Waals surface area contributed by atoms with E-state index in [9.17, 15) is 0 Å². The number of hydrogen-bond acceptors (Lipinski definition) is 4. The Kier molecular flexibility index (Phi) is 4.20. The molecule has 0 aliphatic carbocycles. The van der Waals surface area contributed by atoms with Gasteiger partial charge in [-0.25, -0.2) is 0 Å². The van der Waals surface area contributed by atoms with Gasteiger partial charge in [-0.3, -0.25) is 4.90 Å². The zero-order valence-corrected chi connectivity index (χ0v) is 11.0. The van der Waals surface area contributed by atoms with Gasteiger partial charge in [0, 0.05) is 24.7 Å². The van der Waals surface area contributed by atoms with E-state index in [2.05, 4.69) is 23.2 Å². The maximum Gasteiger partial charge on any atom is 0.118 e. The van der Waals surface area contributed by atoms with Crippen LogP contribution in [0.4, 0.5) is 0 Å². The quantitative estimate of drug-likeness (QED) is 0.863. The van der Waals surface area contributed by atoms with E-state index in [0.29, 0.717) is 6.04 Å². The predicted molar refractivity (Wildman–Crippen MR) is 66.9 cm³/mol. The molecule has 0 spiro atoms. The van der Waals surface area contributed by atoms with Crippen molar-refractivity contribution in [2.75, 3.05) is 26.8 Å². The van der Waals surface area contributed by atoms with Crippen LogP contribution < -0.4 is 5.32 Å². The molecule has 1 aliphatic heterocycles. The Morgan fingerprint density at radius 1 is 1.53 bits per heavy atom. The first-order valence-corrected chi connectivity index (χ1v) is 6.25. The smallest absolute Gasteiger partial charge is 0.118 e. The van der Waals surface area contributed by atoms with E-state index in [1.165, 1.54) is 5.56 Å². The Bertz CT molecular complexity index is 362. The summed E-state index contributed by atoms with van der Waals surface area (Å²) in [5.74, 6) is 2.08. The van der Waals surface area contributed by atoms with Crippen molar-refractivity contribution in [3.8, 4) is 0 Å². The molecule has 1 aromatic rings. The minimum Gasteiger partial charge on any atom is -0.465 e. The molecular weight excluding hydrogens is 216 g/mol. The van der Waals surface area contributed by atoms with Gasteiger partial charge in [0.1, 0.15) is 11.5 Å². The normalized spacial score (nSPS) is 21.9. The second-order valence-corrected chi connectivity index (χ2v) is 4.72. The summed E-state index contributed by atoms with van der Waals surface area (Å²) in [5.41, 5.74) is 1.25. The van der Waals surface area contributed by atoms with Crippen LogP contribution in [0.2, 0.25) is 0 Å². The molecule has 1 saturated heterocycles. The molecule has 1 fully saturated rings. The maximum atomic E-state index is 5.80. The van der Waals surface area contributed by atoms with Crippen molar-refractivity contribution in [3.05, 3.63) is 23.2 Å². The lowest BCUT2D eigenvalue weighted by Gasteiger charge is -2.32. The third kappa shape index (κ3) is 3.09. The van der Waals surface area contributed by atoms with Gasteiger partial charge in [0.05, 0.1) is 19.8 Å². The van der Waals surface area contributed by atoms with Crippen LogP contribution in [-0.2, 0) is 17.8 Å². The van der Waals surface area contributed by atoms with E-state index in [4.69, 9.17) is 9.15 Å². The van der Waals surface area contributed by atoms with E-state index in [1.54, 1.807) is 0 Å². The van der Waals surface area contributed by atoms with Gasteiger partial charge in [-0.2, -0.15) is 0 Å². The first kappa shape index (κ1) is 12.6. The van der Waals surface area contributed by atoms with Crippen LogP contribution in [0.3, 0.4) is 0 Å². The summed E-state index contributed by atoms with van der Waals surface area (Å²) in [6, 6.07) is 2.63. The number of nitrogens with one attached hydrogen (secondary N) is 1. The number of ether oxygens (including phenoxy) is 1. The SMILES string of the molecule is CNCc1cc(CN2CCOCC2C)oc1C. The number of furan rings is 1. The number of hydrogen-bond donors (Lipinski definition) is 1. The average Bonchev–Trinajstić information content (AvgIpc) is 2.63. The maximum absolute atomic E-state index is 5.80. The molecule has 96 valence electrons. The predicted octanol–water partition coefficient (Wildman–Crippen LogP) is 1.53. The third-order valence-corrected chi connectivity index (χ3v) is 3.30. The number of rotatable bonds is 4. The van der Waals surface area contributed by atoms with Crippen molar-refractivity contribution in [3.63, 3.8) is 0 Å². The minimum absolute atomic E-state index is 0.474. The van der Waals surface area contributed by atoms with Crippen molar-refractivity contribution in [1.82, 2.24) is 10.2 Å². The summed E-state index contributed by atoms with van der Waals surface area (Å²) in [5, 5.41) is 3.16. The Hall–Kier alpha value is -0.840. The van der Waals surface area contributed by atoms with Crippen LogP contribution in [0, 0.1) is 6.92 Å². The Morgan fingerprint density at radius 2 is 2.35 bits per heavy atom. The molecule has 1 unspecified atom stereocenters. The van der Waals surface area contributed by atoms with E-state index in [-0.39, 0.29) is 0 Å². The molecule has 1 atom stereocenters. The molecule has 0 amide bonds. The monoisotopic (exact) mass is 238 g/mol. The first-order valence-electron chi connectivity index (χ1n) is 6.25. The topological polar surface area (TPSA) is 37.6 Å². The molecule has 1 aromatic heterocycles. The molecule has 2 rings (SSSR count). The van der Waals surface area contributed by atoms with E-state index < -0.39 is 0 Å². The van der Waals surface area contributed by atoms with Gasteiger partial charge in [0.2, 0.25) is 0 Å². The van der Waals surface area contributed by atoms with E-state index in [1.807, 2.05) is 14.0 Å². The molecule has 0 bridgehead atoms. The van der Waals surface area contributed by atoms with Crippen LogP contribution in [0.1, 0.15) is 24.0 Å². The van der Waals surface area contributed by atoms with Crippen molar-refractivity contribution in [1.29, 1.82) is 0 Å². The molecule has 1 aliphatic rings. The van der Waals surface area contributed by atoms with Gasteiger partial charge in [0.25, 0.3) is 0 Å². The second kappa shape index (κ2) is 5.67. The van der Waals surface area contributed by atoms with Crippen molar-refractivity contribution in [2.24, 2.45) is 0 Å². The van der Waals surface area contributed by atoms with Gasteiger partial charge in [-0.1, -0.05) is 0 Å². The van der Waals surface area contributed by atoms with Crippen LogP contribution in [0.25, 0.3) is 0 Å². The minimum atomic E-state index is 0.474. The highest BCUT2D eigenvalue weighted by Crippen LogP contribution is 2.18. The zero-order valence-electron chi connectivity index (χ0n) is 11.0. The fourth-order valence-corrected chi connectivity index (χ4v) is 2.23. The van der Waals surface area contributed by atoms with Crippen molar-refractivity contribution >= 4 is 0 Å². The Morgan fingerprint density at radius 3 is 3.06 bits per heavy atom. The molecule has 4 nitrogen and oxygen atoms in total. The highest BCUT2D eigenvalue weighted by molar-refractivity contribution is 5.20. The molecule has 0 aromatic carbocycles. The molecule has 0 radical (unpaired) electrons. The first-order chi connectivity index (χ1) is 8.20. The van der Waals surface area contributed by atoms with Crippen molar-refractivity contribution < 1.29 is 9.15 Å². The third-order valence-electron chi connectivity index (χ3n) is 3.30. The lowest BCUT2D eigenvalue weighted by Crippen LogP contribution is -2.42. The van der Waals surface area contributed by atoms with E-state index >= 15 is 0 Å². The fraction of sp³-hybridized carbons (Fsp3) is 0.692. The van der Waals surface area contributed by atoms with Gasteiger partial charge >= 0.3 is 0 Å². The summed E-state index contributed by atoms with van der Waals surface area (Å²) in [6.45, 7) is 8.62. The van der Waals surface area contributed by atoms with Crippen LogP contribution in [-0.4, -0.2) is 37.7 Å². The van der Waals surface area contributed by atoms with Gasteiger partial charge < -0.3 is 14.5 Å². The number of aryl methyl sites for hydroxylation is 1. The van der Waals surface area contributed by atoms with Gasteiger partial charge in [0.15, 0.2) is 0 Å². The van der Waals surface area contributed by atoms with Gasteiger partial charge in [-0.05, 0) is 27.0 Å². The summed E-state index contributed by atoms with van der Waals surface area (Å²) < 4.78 is 11.2. The van der Waals surface area contributed by atoms with Crippen LogP contribution in [0.15, 0.2) is 10.5 Å². The second-order valence-electron chi connectivity index (χ2n) is 4.72. The highest BCUT2D eigenvalue weighted by Gasteiger charge is 2.20. The number of morpholine rings is 1. The standard InChI is InChI=1S/C13H22N2O2/c1-10-9-16-5-4-15(10)8-13-6-12(7-14-3)11(2)17-13/h6,10,14H,4-5,7-9H2,1-3H3. The summed E-state index contributed by atoms with van der Waals surface area (Å²) in [7, 11) is 1.95. The Balaban J connectivity index is 2.00. The summed E-state index contributed by atoms with van der Waals surface area (Å²) in [6.07, 6.45) is 0. The summed E-state index contributed by atoms with van der Waals surface area (Å²) >= 11 is 0. The summed E-state index contributed by atoms with van der Waals surface area (Å²) in [4.78, 5) is 2.41. The zero-order chi connectivity index (χ0) is 12.3. The number of nitrogens with zero attached hydrogens (tertiary/aromatic N) is 1. The molecule has 2 heterocycles. The lowest BCUT2D eigenvalue weighted by atomic mass is 10.2. The molecule has 0 saturated carbocycles. The molecular formula is C13H22N2O2. The van der Waals surface area contributed by atoms with Crippen molar-refractivity contribution in [2.45, 2.75) is 33.0 Å². The fourth-order valence-electron chi connectivity index (χ4n) is 2.23. The molecule has 1 N–H and O–H groups in total. The van der Waals surface area contributed by atoms with Gasteiger partial charge in [-0.15, -0.1) is 0 Å². The molecule has 4 heteroatoms. The Labute approximate surface area is 103 Å². The largest absolute Gasteiger partial charge is 0.465 e. The van der Waals surface area contributed by atoms with Crippen LogP contribution in [0.5, 0.6) is 0 Å². The van der Waals surface area contributed by atoms with Crippen LogP contribution >= 0.6 is 0 Å². The molecule has 17 heavy (non-hydrogen) atoms. The average molecular weight is 238 g/mol.